The molecule has 0 aliphatic rings. The van der Waals surface area contributed by atoms with Crippen LogP contribution in [0.25, 0.3) is 27.0 Å². The van der Waals surface area contributed by atoms with E-state index in [0.29, 0.717) is 32.0 Å². The van der Waals surface area contributed by atoms with Crippen LogP contribution in [0.4, 0.5) is 0 Å². The summed E-state index contributed by atoms with van der Waals surface area (Å²) in [6.45, 7) is 0. The molecule has 4 rings (SSSR count). The quantitative estimate of drug-likeness (QED) is 0.481. The van der Waals surface area contributed by atoms with Crippen LogP contribution in [0.15, 0.2) is 59.5 Å². The van der Waals surface area contributed by atoms with E-state index in [2.05, 4.69) is 15.3 Å². The highest BCUT2D eigenvalue weighted by molar-refractivity contribution is 7.90. The maximum absolute atomic E-state index is 11.8. The van der Waals surface area contributed by atoms with Crippen LogP contribution >= 0.6 is 22.9 Å². The molecule has 0 radical (unpaired) electrons. The van der Waals surface area contributed by atoms with E-state index < -0.39 is 15.8 Å². The fourth-order valence-corrected chi connectivity index (χ4v) is 4.47. The van der Waals surface area contributed by atoms with E-state index in [1.54, 1.807) is 36.4 Å². The molecule has 0 aliphatic heterocycles. The van der Waals surface area contributed by atoms with Crippen LogP contribution in [0, 0.1) is 0 Å². The first-order valence-corrected chi connectivity index (χ1v) is 11.6. The van der Waals surface area contributed by atoms with Crippen molar-refractivity contribution >= 4 is 38.7 Å². The molecular weight excluding hydrogens is 448 g/mol. The number of carboxylic acids is 1. The Labute approximate surface area is 180 Å². The molecule has 2 aromatic carbocycles. The molecule has 2 heterocycles. The largest absolute Gasteiger partial charge is 0.476 e. The number of halogens is 1. The second-order valence-electron chi connectivity index (χ2n) is 6.30. The van der Waals surface area contributed by atoms with Gasteiger partial charge in [0.15, 0.2) is 20.5 Å². The van der Waals surface area contributed by atoms with Gasteiger partial charge in [-0.05, 0) is 24.3 Å². The smallest absolute Gasteiger partial charge is 0.356 e. The van der Waals surface area contributed by atoms with Crippen molar-refractivity contribution in [2.45, 2.75) is 4.90 Å². The molecule has 0 saturated carbocycles. The Kier molecular flexibility index (Phi) is 5.14. The van der Waals surface area contributed by atoms with Crippen LogP contribution in [0.2, 0.25) is 5.02 Å². The Balaban J connectivity index is 1.83. The summed E-state index contributed by atoms with van der Waals surface area (Å²) in [6, 6.07) is 14.7. The van der Waals surface area contributed by atoms with Gasteiger partial charge >= 0.3 is 5.97 Å². The van der Waals surface area contributed by atoms with Gasteiger partial charge < -0.3 is 5.11 Å². The normalized spacial score (nSPS) is 11.5. The Morgan fingerprint density at radius 1 is 1.07 bits per heavy atom. The zero-order chi connectivity index (χ0) is 21.5. The number of aromatic nitrogens is 4. The predicted molar refractivity (Wildman–Crippen MR) is 113 cm³/mol. The second kappa shape index (κ2) is 7.63. The highest BCUT2D eigenvalue weighted by atomic mass is 35.5. The summed E-state index contributed by atoms with van der Waals surface area (Å²) in [5.41, 5.74) is 1.32. The summed E-state index contributed by atoms with van der Waals surface area (Å²) in [5.74, 6) is -1.19. The number of hydrogen-bond donors (Lipinski definition) is 1. The lowest BCUT2D eigenvalue weighted by Gasteiger charge is -2.06. The third-order valence-corrected chi connectivity index (χ3v) is 6.59. The van der Waals surface area contributed by atoms with Gasteiger partial charge in [-0.1, -0.05) is 47.2 Å². The molecule has 0 bridgehead atoms. The molecular formula is C19H13ClN4O4S2. The summed E-state index contributed by atoms with van der Waals surface area (Å²) in [4.78, 5) is 11.6. The zero-order valence-corrected chi connectivity index (χ0v) is 17.7. The van der Waals surface area contributed by atoms with Crippen molar-refractivity contribution < 1.29 is 18.3 Å². The summed E-state index contributed by atoms with van der Waals surface area (Å²) in [7, 11) is -3.37. The van der Waals surface area contributed by atoms with Gasteiger partial charge in [0, 0.05) is 17.9 Å². The van der Waals surface area contributed by atoms with Crippen LogP contribution in [-0.4, -0.2) is 45.7 Å². The maximum Gasteiger partial charge on any atom is 0.356 e. The van der Waals surface area contributed by atoms with Crippen molar-refractivity contribution in [1.82, 2.24) is 20.0 Å². The maximum atomic E-state index is 11.8. The standard InChI is InChI=1S/C19H13ClN4O4S2/c1-30(27,28)12-6-4-5-11(9-12)17-21-22-18(29-17)16-10-14(19(25)26)23-24(16)15-8-3-2-7-13(15)20/h2-10H,1H3,(H,25,26). The van der Waals surface area contributed by atoms with Gasteiger partial charge in [0.05, 0.1) is 15.6 Å². The molecule has 0 spiro atoms. The predicted octanol–water partition coefficient (Wildman–Crippen LogP) is 3.81. The van der Waals surface area contributed by atoms with Gasteiger partial charge in [-0.2, -0.15) is 5.10 Å². The number of carbonyl (C=O) groups is 1. The zero-order valence-electron chi connectivity index (χ0n) is 15.4. The van der Waals surface area contributed by atoms with Crippen molar-refractivity contribution in [3.63, 3.8) is 0 Å². The molecule has 0 atom stereocenters. The van der Waals surface area contributed by atoms with E-state index in [1.165, 1.54) is 34.2 Å². The second-order valence-corrected chi connectivity index (χ2v) is 9.70. The summed E-state index contributed by atoms with van der Waals surface area (Å²) in [5, 5.41) is 23.1. The SMILES string of the molecule is CS(=O)(=O)c1cccc(-c2nnc(-c3cc(C(=O)O)nn3-c3ccccc3Cl)s2)c1. The number of para-hydroxylation sites is 1. The lowest BCUT2D eigenvalue weighted by atomic mass is 10.2. The summed E-state index contributed by atoms with van der Waals surface area (Å²) >= 11 is 7.45. The molecule has 2 aromatic heterocycles. The van der Waals surface area contributed by atoms with Crippen LogP contribution in [-0.2, 0) is 9.84 Å². The highest BCUT2D eigenvalue weighted by Gasteiger charge is 2.21. The fourth-order valence-electron chi connectivity index (χ4n) is 2.75. The van der Waals surface area contributed by atoms with E-state index in [4.69, 9.17) is 11.6 Å². The number of carboxylic acid groups (broad SMARTS) is 1. The van der Waals surface area contributed by atoms with E-state index in [-0.39, 0.29) is 10.6 Å². The minimum absolute atomic E-state index is 0.166. The van der Waals surface area contributed by atoms with E-state index in [9.17, 15) is 18.3 Å². The number of nitrogens with zero attached hydrogens (tertiary/aromatic N) is 4. The van der Waals surface area contributed by atoms with Crippen molar-refractivity contribution in [2.75, 3.05) is 6.26 Å². The highest BCUT2D eigenvalue weighted by Crippen LogP contribution is 2.33. The van der Waals surface area contributed by atoms with Crippen LogP contribution in [0.1, 0.15) is 10.5 Å². The lowest BCUT2D eigenvalue weighted by Crippen LogP contribution is -2.02. The Hall–Kier alpha value is -3.08. The van der Waals surface area contributed by atoms with Gasteiger partial charge in [-0.15, -0.1) is 10.2 Å². The van der Waals surface area contributed by atoms with Gasteiger partial charge in [-0.3, -0.25) is 0 Å². The van der Waals surface area contributed by atoms with Crippen molar-refractivity contribution in [3.8, 4) is 27.0 Å². The van der Waals surface area contributed by atoms with Gasteiger partial charge in [-0.25, -0.2) is 17.9 Å². The molecule has 0 fully saturated rings. The molecule has 152 valence electrons. The average molecular weight is 461 g/mol. The van der Waals surface area contributed by atoms with E-state index >= 15 is 0 Å². The minimum atomic E-state index is -3.37. The van der Waals surface area contributed by atoms with Crippen molar-refractivity contribution in [2.24, 2.45) is 0 Å². The molecule has 0 amide bonds. The number of sulfone groups is 1. The summed E-state index contributed by atoms with van der Waals surface area (Å²) in [6.07, 6.45) is 1.13. The molecule has 4 aromatic rings. The number of hydrogen-bond acceptors (Lipinski definition) is 7. The van der Waals surface area contributed by atoms with Crippen LogP contribution in [0.5, 0.6) is 0 Å². The molecule has 1 N–H and O–H groups in total. The third-order valence-electron chi connectivity index (χ3n) is 4.16. The Morgan fingerprint density at radius 2 is 1.80 bits per heavy atom. The fraction of sp³-hybridized carbons (Fsp3) is 0.0526. The van der Waals surface area contributed by atoms with Gasteiger partial charge in [0.25, 0.3) is 0 Å². The monoisotopic (exact) mass is 460 g/mol. The Morgan fingerprint density at radius 3 is 2.50 bits per heavy atom. The third kappa shape index (κ3) is 3.84. The first kappa shape index (κ1) is 20.2. The first-order chi connectivity index (χ1) is 14.2. The molecule has 30 heavy (non-hydrogen) atoms. The topological polar surface area (TPSA) is 115 Å². The molecule has 0 unspecified atom stereocenters. The average Bonchev–Trinajstić information content (AvgIpc) is 3.35. The molecule has 0 aliphatic carbocycles. The molecule has 0 saturated heterocycles. The number of benzene rings is 2. The van der Waals surface area contributed by atoms with Gasteiger partial charge in [0.2, 0.25) is 0 Å². The summed E-state index contributed by atoms with van der Waals surface area (Å²) < 4.78 is 25.1. The van der Waals surface area contributed by atoms with Gasteiger partial charge in [0.1, 0.15) is 10.7 Å². The van der Waals surface area contributed by atoms with Crippen LogP contribution in [0.3, 0.4) is 0 Å². The first-order valence-electron chi connectivity index (χ1n) is 8.46. The lowest BCUT2D eigenvalue weighted by molar-refractivity contribution is 0.0690. The van der Waals surface area contributed by atoms with E-state index in [1.807, 2.05) is 0 Å². The molecule has 11 heteroatoms. The minimum Gasteiger partial charge on any atom is -0.476 e. The molecule has 8 nitrogen and oxygen atoms in total. The Bertz CT molecular complexity index is 1380. The van der Waals surface area contributed by atoms with Crippen molar-refractivity contribution in [1.29, 1.82) is 0 Å². The number of aromatic carboxylic acids is 1. The van der Waals surface area contributed by atoms with E-state index in [0.717, 1.165) is 6.26 Å². The number of rotatable bonds is 5. The van der Waals surface area contributed by atoms with Crippen molar-refractivity contribution in [3.05, 3.63) is 65.3 Å². The van der Waals surface area contributed by atoms with Crippen LogP contribution < -0.4 is 0 Å².